The highest BCUT2D eigenvalue weighted by Crippen LogP contribution is 2.39. The smallest absolute Gasteiger partial charge is 0.420 e. The zero-order valence-corrected chi connectivity index (χ0v) is 20.0. The highest BCUT2D eigenvalue weighted by molar-refractivity contribution is 6.00. The van der Waals surface area contributed by atoms with Gasteiger partial charge in [0.2, 0.25) is 0 Å². The molecule has 1 fully saturated rings. The van der Waals surface area contributed by atoms with Crippen molar-refractivity contribution in [3.8, 4) is 16.9 Å². The molecule has 0 spiro atoms. The van der Waals surface area contributed by atoms with Crippen LogP contribution in [-0.2, 0) is 13.2 Å². The number of anilines is 2. The molecule has 0 unspecified atom stereocenters. The van der Waals surface area contributed by atoms with Crippen molar-refractivity contribution >= 4 is 28.3 Å². The molecule has 8 nitrogen and oxygen atoms in total. The van der Waals surface area contributed by atoms with Crippen molar-refractivity contribution < 1.29 is 22.7 Å². The molecule has 3 heterocycles. The lowest BCUT2D eigenvalue weighted by molar-refractivity contribution is -0.139. The Bertz CT molecular complexity index is 1410. The van der Waals surface area contributed by atoms with Crippen molar-refractivity contribution in [3.05, 3.63) is 66.6 Å². The summed E-state index contributed by atoms with van der Waals surface area (Å²) in [5.74, 6) is -0.237. The summed E-state index contributed by atoms with van der Waals surface area (Å²) >= 11 is 0. The standard InChI is InChI=1S/C26H25F3N6O2/c1-35-23-15-31-13-20(21(23)14-32-35)16-2-4-17(5-3-16)33-25(36)34-18-6-7-24(22(12-18)26(27,28)29)37-19-8-10-30-11-9-19/h2-7,12-15,19,30H,8-11H2,1H3,(H2,33,34,36). The van der Waals surface area contributed by atoms with Gasteiger partial charge in [-0.2, -0.15) is 18.3 Å². The number of hydrogen-bond donors (Lipinski definition) is 3. The van der Waals surface area contributed by atoms with Crippen LogP contribution in [0.1, 0.15) is 18.4 Å². The number of piperidine rings is 1. The van der Waals surface area contributed by atoms with Crippen LogP contribution in [0, 0.1) is 0 Å². The summed E-state index contributed by atoms with van der Waals surface area (Å²) in [5, 5.41) is 13.5. The molecule has 0 atom stereocenters. The normalized spacial score (nSPS) is 14.5. The van der Waals surface area contributed by atoms with Crippen LogP contribution in [-0.4, -0.2) is 40.0 Å². The van der Waals surface area contributed by atoms with Gasteiger partial charge >= 0.3 is 12.2 Å². The van der Waals surface area contributed by atoms with E-state index < -0.39 is 17.8 Å². The molecule has 0 radical (unpaired) electrons. The largest absolute Gasteiger partial charge is 0.490 e. The van der Waals surface area contributed by atoms with E-state index in [4.69, 9.17) is 4.74 Å². The lowest BCUT2D eigenvalue weighted by Crippen LogP contribution is -2.34. The maximum atomic E-state index is 13.7. The number of nitrogens with zero attached hydrogens (tertiary/aromatic N) is 3. The van der Waals surface area contributed by atoms with Crippen LogP contribution in [0.2, 0.25) is 0 Å². The molecule has 4 aromatic rings. The molecule has 11 heteroatoms. The fourth-order valence-corrected chi connectivity index (χ4v) is 4.34. The third-order valence-electron chi connectivity index (χ3n) is 6.25. The molecule has 37 heavy (non-hydrogen) atoms. The molecule has 1 saturated heterocycles. The van der Waals surface area contributed by atoms with Gasteiger partial charge in [-0.3, -0.25) is 9.67 Å². The van der Waals surface area contributed by atoms with E-state index >= 15 is 0 Å². The molecule has 5 rings (SSSR count). The molecule has 0 aliphatic carbocycles. The van der Waals surface area contributed by atoms with E-state index in [-0.39, 0.29) is 17.5 Å². The summed E-state index contributed by atoms with van der Waals surface area (Å²) in [5.41, 5.74) is 2.24. The molecule has 2 aromatic carbocycles. The van der Waals surface area contributed by atoms with Gasteiger partial charge in [0.1, 0.15) is 11.9 Å². The first-order chi connectivity index (χ1) is 17.8. The molecule has 0 bridgehead atoms. The van der Waals surface area contributed by atoms with Crippen LogP contribution >= 0.6 is 0 Å². The molecule has 0 saturated carbocycles. The number of rotatable bonds is 5. The van der Waals surface area contributed by atoms with E-state index in [1.807, 2.05) is 19.2 Å². The minimum absolute atomic E-state index is 0.00781. The summed E-state index contributed by atoms with van der Waals surface area (Å²) in [6, 6.07) is 9.95. The predicted octanol–water partition coefficient (Wildman–Crippen LogP) is 5.43. The first-order valence-corrected chi connectivity index (χ1v) is 11.8. The van der Waals surface area contributed by atoms with Gasteiger partial charge in [0.05, 0.1) is 23.5 Å². The maximum Gasteiger partial charge on any atom is 0.420 e. The SMILES string of the molecule is Cn1ncc2c(-c3ccc(NC(=O)Nc4ccc(OC5CCNCC5)c(C(F)(F)F)c4)cc3)cncc21. The number of aryl methyl sites for hydroxylation is 1. The average molecular weight is 511 g/mol. The van der Waals surface area contributed by atoms with E-state index in [1.54, 1.807) is 35.4 Å². The first-order valence-electron chi connectivity index (χ1n) is 11.8. The number of ether oxygens (including phenoxy) is 1. The summed E-state index contributed by atoms with van der Waals surface area (Å²) in [6.45, 7) is 1.39. The second-order valence-corrected chi connectivity index (χ2v) is 8.82. The Balaban J connectivity index is 1.27. The summed E-state index contributed by atoms with van der Waals surface area (Å²) in [6.07, 6.45) is 1.60. The van der Waals surface area contributed by atoms with Crippen LogP contribution in [0.5, 0.6) is 5.75 Å². The lowest BCUT2D eigenvalue weighted by Gasteiger charge is -2.25. The number of benzene rings is 2. The quantitative estimate of drug-likeness (QED) is 0.333. The Morgan fingerprint density at radius 2 is 1.73 bits per heavy atom. The summed E-state index contributed by atoms with van der Waals surface area (Å²) < 4.78 is 48.5. The van der Waals surface area contributed by atoms with E-state index in [2.05, 4.69) is 26.0 Å². The van der Waals surface area contributed by atoms with Gasteiger partial charge in [0.25, 0.3) is 0 Å². The second kappa shape index (κ2) is 10.1. The van der Waals surface area contributed by atoms with Gasteiger partial charge in [0, 0.05) is 35.6 Å². The van der Waals surface area contributed by atoms with Crippen LogP contribution in [0.4, 0.5) is 29.3 Å². The molecule has 2 aromatic heterocycles. The van der Waals surface area contributed by atoms with Gasteiger partial charge in [-0.1, -0.05) is 12.1 Å². The molecular formula is C26H25F3N6O2. The Labute approximate surface area is 210 Å². The first kappa shape index (κ1) is 24.6. The zero-order valence-electron chi connectivity index (χ0n) is 20.0. The topological polar surface area (TPSA) is 93.1 Å². The minimum atomic E-state index is -4.63. The molecule has 2 amide bonds. The van der Waals surface area contributed by atoms with Crippen molar-refractivity contribution in [2.45, 2.75) is 25.1 Å². The number of pyridine rings is 1. The average Bonchev–Trinajstić information content (AvgIpc) is 3.26. The van der Waals surface area contributed by atoms with Crippen molar-refractivity contribution in [1.82, 2.24) is 20.1 Å². The number of urea groups is 1. The number of fused-ring (bicyclic) bond motifs is 1. The number of aromatic nitrogens is 3. The number of halogens is 3. The third kappa shape index (κ3) is 5.51. The monoisotopic (exact) mass is 510 g/mol. The lowest BCUT2D eigenvalue weighted by atomic mass is 10.0. The molecule has 192 valence electrons. The van der Waals surface area contributed by atoms with E-state index in [1.165, 1.54) is 12.1 Å². The number of carbonyl (C=O) groups is 1. The van der Waals surface area contributed by atoms with E-state index in [0.717, 1.165) is 28.1 Å². The Hall–Kier alpha value is -4.12. The fourth-order valence-electron chi connectivity index (χ4n) is 4.34. The van der Waals surface area contributed by atoms with Gasteiger partial charge in [-0.25, -0.2) is 4.79 Å². The van der Waals surface area contributed by atoms with Crippen LogP contribution in [0.25, 0.3) is 22.0 Å². The summed E-state index contributed by atoms with van der Waals surface area (Å²) in [7, 11) is 1.84. The second-order valence-electron chi connectivity index (χ2n) is 8.82. The zero-order chi connectivity index (χ0) is 26.0. The number of carbonyl (C=O) groups excluding carboxylic acids is 1. The van der Waals surface area contributed by atoms with Crippen LogP contribution in [0.15, 0.2) is 61.1 Å². The number of amides is 2. The number of alkyl halides is 3. The summed E-state index contributed by atoms with van der Waals surface area (Å²) in [4.78, 5) is 16.8. The van der Waals surface area contributed by atoms with Crippen molar-refractivity contribution in [1.29, 1.82) is 0 Å². The van der Waals surface area contributed by atoms with Gasteiger partial charge in [-0.05, 0) is 61.8 Å². The van der Waals surface area contributed by atoms with E-state index in [0.29, 0.717) is 31.6 Å². The highest BCUT2D eigenvalue weighted by atomic mass is 19.4. The minimum Gasteiger partial charge on any atom is -0.490 e. The number of nitrogens with one attached hydrogen (secondary N) is 3. The predicted molar refractivity (Wildman–Crippen MR) is 135 cm³/mol. The molecule has 1 aliphatic heterocycles. The Morgan fingerprint density at radius 1 is 1.03 bits per heavy atom. The fraction of sp³-hybridized carbons (Fsp3) is 0.269. The van der Waals surface area contributed by atoms with E-state index in [9.17, 15) is 18.0 Å². The molecule has 3 N–H and O–H groups in total. The highest BCUT2D eigenvalue weighted by Gasteiger charge is 2.35. The molecular weight excluding hydrogens is 485 g/mol. The third-order valence-corrected chi connectivity index (χ3v) is 6.25. The van der Waals surface area contributed by atoms with Crippen molar-refractivity contribution in [3.63, 3.8) is 0 Å². The maximum absolute atomic E-state index is 13.7. The van der Waals surface area contributed by atoms with Gasteiger partial charge in [-0.15, -0.1) is 0 Å². The van der Waals surface area contributed by atoms with Crippen LogP contribution in [0.3, 0.4) is 0 Å². The van der Waals surface area contributed by atoms with Crippen molar-refractivity contribution in [2.24, 2.45) is 7.05 Å². The Kier molecular flexibility index (Phi) is 6.70. The van der Waals surface area contributed by atoms with Crippen LogP contribution < -0.4 is 20.7 Å². The Morgan fingerprint density at radius 3 is 2.46 bits per heavy atom. The molecule has 1 aliphatic rings. The van der Waals surface area contributed by atoms with Crippen molar-refractivity contribution in [2.75, 3.05) is 23.7 Å². The van der Waals surface area contributed by atoms with Gasteiger partial charge in [0.15, 0.2) is 0 Å². The van der Waals surface area contributed by atoms with Gasteiger partial charge < -0.3 is 20.7 Å². The number of hydrogen-bond acceptors (Lipinski definition) is 5.